The van der Waals surface area contributed by atoms with Crippen LogP contribution in [0.4, 0.5) is 18.9 Å². The molecule has 0 aliphatic heterocycles. The summed E-state index contributed by atoms with van der Waals surface area (Å²) in [6.45, 7) is -0.163. The normalized spacial score (nSPS) is 12.2. The number of carboxylic acids is 1. The number of hydrogen-bond donors (Lipinski definition) is 3. The highest BCUT2D eigenvalue weighted by Crippen LogP contribution is 2.19. The number of hydrogen-bond acceptors (Lipinski definition) is 3. The van der Waals surface area contributed by atoms with Crippen molar-refractivity contribution in [3.8, 4) is 0 Å². The van der Waals surface area contributed by atoms with Gasteiger partial charge in [-0.15, -0.1) is 0 Å². The van der Waals surface area contributed by atoms with Crippen LogP contribution >= 0.6 is 0 Å². The molecule has 0 atom stereocenters. The zero-order valence-electron chi connectivity index (χ0n) is 10.2. The van der Waals surface area contributed by atoms with E-state index in [9.17, 15) is 26.4 Å². The number of rotatable bonds is 5. The number of carbonyl (C=O) groups is 1. The first-order valence-corrected chi connectivity index (χ1v) is 6.66. The Morgan fingerprint density at radius 1 is 1.35 bits per heavy atom. The van der Waals surface area contributed by atoms with Crippen LogP contribution in [0.3, 0.4) is 0 Å². The van der Waals surface area contributed by atoms with Crippen molar-refractivity contribution in [2.75, 3.05) is 11.3 Å². The Labute approximate surface area is 112 Å². The maximum atomic E-state index is 11.9. The summed E-state index contributed by atoms with van der Waals surface area (Å²) in [5.41, 5.74) is -0.117. The minimum Gasteiger partial charge on any atom is -0.478 e. The molecule has 3 N–H and O–H groups in total. The number of aromatic carboxylic acids is 1. The second-order valence-corrected chi connectivity index (χ2v) is 5.40. The van der Waals surface area contributed by atoms with E-state index >= 15 is 0 Å². The molecule has 1 rings (SSSR count). The van der Waals surface area contributed by atoms with Crippen molar-refractivity contribution in [3.63, 3.8) is 0 Å². The van der Waals surface area contributed by atoms with Gasteiger partial charge in [0.25, 0.3) is 10.2 Å². The van der Waals surface area contributed by atoms with Gasteiger partial charge in [-0.25, -0.2) is 4.79 Å². The number of carboxylic acid groups (broad SMARTS) is 1. The van der Waals surface area contributed by atoms with Gasteiger partial charge in [0.15, 0.2) is 0 Å². The van der Waals surface area contributed by atoms with Crippen molar-refractivity contribution >= 4 is 21.9 Å². The Morgan fingerprint density at radius 2 is 1.95 bits per heavy atom. The van der Waals surface area contributed by atoms with Crippen molar-refractivity contribution < 1.29 is 31.5 Å². The average molecular weight is 312 g/mol. The summed E-state index contributed by atoms with van der Waals surface area (Å²) in [4.78, 5) is 10.9. The van der Waals surface area contributed by atoms with Crippen LogP contribution in [0.2, 0.25) is 0 Å². The number of nitrogens with one attached hydrogen (secondary N) is 2. The summed E-state index contributed by atoms with van der Waals surface area (Å²) in [6.07, 6.45) is -4.71. The molecule has 0 fully saturated rings. The predicted molar refractivity (Wildman–Crippen MR) is 64.7 cm³/mol. The average Bonchev–Trinajstić information content (AvgIpc) is 2.28. The van der Waals surface area contributed by atoms with E-state index in [4.69, 9.17) is 5.11 Å². The van der Waals surface area contributed by atoms with E-state index in [0.717, 1.165) is 6.07 Å². The maximum Gasteiger partial charge on any atom is 0.402 e. The molecule has 0 amide bonds. The Bertz CT molecular complexity index is 613. The molecular weight excluding hydrogens is 301 g/mol. The Morgan fingerprint density at radius 3 is 2.45 bits per heavy atom. The van der Waals surface area contributed by atoms with Crippen molar-refractivity contribution in [1.82, 2.24) is 4.72 Å². The zero-order valence-corrected chi connectivity index (χ0v) is 11.0. The summed E-state index contributed by atoms with van der Waals surface area (Å²) < 4.78 is 61.6. The molecule has 0 spiro atoms. The van der Waals surface area contributed by atoms with Crippen LogP contribution in [0.15, 0.2) is 18.2 Å². The van der Waals surface area contributed by atoms with E-state index < -0.39 is 28.9 Å². The molecule has 20 heavy (non-hydrogen) atoms. The molecule has 6 nitrogen and oxygen atoms in total. The Hall–Kier alpha value is -1.81. The summed E-state index contributed by atoms with van der Waals surface area (Å²) in [6, 6.07) is 3.78. The van der Waals surface area contributed by atoms with Gasteiger partial charge in [-0.1, -0.05) is 11.6 Å². The lowest BCUT2D eigenvalue weighted by Crippen LogP contribution is -2.37. The minimum absolute atomic E-state index is 0.322. The lowest BCUT2D eigenvalue weighted by atomic mass is 10.1. The highest BCUT2D eigenvalue weighted by atomic mass is 32.2. The second-order valence-electron chi connectivity index (χ2n) is 3.90. The number of aryl methyl sites for hydroxylation is 1. The topological polar surface area (TPSA) is 95.5 Å². The smallest absolute Gasteiger partial charge is 0.402 e. The van der Waals surface area contributed by atoms with Crippen LogP contribution in [0.25, 0.3) is 0 Å². The predicted octanol–water partition coefficient (Wildman–Crippen LogP) is 1.50. The fourth-order valence-corrected chi connectivity index (χ4v) is 2.18. The summed E-state index contributed by atoms with van der Waals surface area (Å²) in [5.74, 6) is -1.40. The molecule has 0 heterocycles. The van der Waals surface area contributed by atoms with Crippen LogP contribution in [-0.2, 0) is 10.2 Å². The number of halogens is 3. The molecule has 1 aromatic carbocycles. The molecule has 0 aliphatic rings. The Balaban J connectivity index is 2.95. The van der Waals surface area contributed by atoms with Gasteiger partial charge in [-0.3, -0.25) is 4.72 Å². The molecule has 0 bridgehead atoms. The third kappa shape index (κ3) is 5.05. The highest BCUT2D eigenvalue weighted by molar-refractivity contribution is 7.90. The summed E-state index contributed by atoms with van der Waals surface area (Å²) >= 11 is 0. The lowest BCUT2D eigenvalue weighted by Gasteiger charge is -2.13. The van der Waals surface area contributed by atoms with Gasteiger partial charge in [0, 0.05) is 0 Å². The van der Waals surface area contributed by atoms with Gasteiger partial charge >= 0.3 is 12.1 Å². The third-order valence-corrected chi connectivity index (χ3v) is 3.13. The Kier molecular flexibility index (Phi) is 4.61. The molecule has 0 unspecified atom stereocenters. The van der Waals surface area contributed by atoms with E-state index in [1.54, 1.807) is 11.6 Å². The van der Waals surface area contributed by atoms with Crippen LogP contribution in [0, 0.1) is 6.92 Å². The van der Waals surface area contributed by atoms with Crippen LogP contribution < -0.4 is 9.44 Å². The number of benzene rings is 1. The first kappa shape index (κ1) is 16.2. The molecule has 0 saturated carbocycles. The van der Waals surface area contributed by atoms with Crippen molar-refractivity contribution in [1.29, 1.82) is 0 Å². The van der Waals surface area contributed by atoms with E-state index in [-0.39, 0.29) is 11.3 Å². The first-order chi connectivity index (χ1) is 9.00. The number of alkyl halides is 3. The molecule has 0 radical (unpaired) electrons. The second kappa shape index (κ2) is 5.67. The highest BCUT2D eigenvalue weighted by Gasteiger charge is 2.29. The van der Waals surface area contributed by atoms with Crippen LogP contribution in [0.5, 0.6) is 0 Å². The molecule has 0 aromatic heterocycles. The van der Waals surface area contributed by atoms with Crippen molar-refractivity contribution in [2.45, 2.75) is 13.1 Å². The molecule has 10 heteroatoms. The molecule has 1 aromatic rings. The molecule has 112 valence electrons. The van der Waals surface area contributed by atoms with E-state index in [1.165, 1.54) is 16.9 Å². The van der Waals surface area contributed by atoms with E-state index in [2.05, 4.69) is 0 Å². The standard InChI is InChI=1S/C10H11F3N2O4S/c1-6-2-3-8(7(4-6)9(16)17)15-20(18,19)14-5-10(11,12)13/h2-4,14-15H,5H2,1H3,(H,16,17). The lowest BCUT2D eigenvalue weighted by molar-refractivity contribution is -0.121. The van der Waals surface area contributed by atoms with E-state index in [0.29, 0.717) is 5.56 Å². The van der Waals surface area contributed by atoms with Crippen LogP contribution in [-0.4, -0.2) is 32.2 Å². The molecule has 0 aliphatic carbocycles. The maximum absolute atomic E-state index is 11.9. The van der Waals surface area contributed by atoms with Crippen molar-refractivity contribution in [3.05, 3.63) is 29.3 Å². The summed E-state index contributed by atoms with van der Waals surface area (Å²) in [5, 5.41) is 8.91. The molecular formula is C10H11F3N2O4S. The van der Waals surface area contributed by atoms with E-state index in [1.807, 2.05) is 0 Å². The van der Waals surface area contributed by atoms with Gasteiger partial charge in [0.1, 0.15) is 6.54 Å². The first-order valence-electron chi connectivity index (χ1n) is 5.18. The van der Waals surface area contributed by atoms with Gasteiger partial charge in [-0.05, 0) is 19.1 Å². The molecule has 0 saturated heterocycles. The quantitative estimate of drug-likeness (QED) is 0.768. The van der Waals surface area contributed by atoms with Crippen LogP contribution in [0.1, 0.15) is 15.9 Å². The van der Waals surface area contributed by atoms with Gasteiger partial charge in [-0.2, -0.15) is 26.3 Å². The summed E-state index contributed by atoms with van der Waals surface area (Å²) in [7, 11) is -4.52. The van der Waals surface area contributed by atoms with Gasteiger partial charge in [0.05, 0.1) is 11.3 Å². The van der Waals surface area contributed by atoms with Gasteiger partial charge < -0.3 is 5.11 Å². The van der Waals surface area contributed by atoms with Gasteiger partial charge in [0.2, 0.25) is 0 Å². The number of anilines is 1. The fraction of sp³-hybridized carbons (Fsp3) is 0.300. The zero-order chi connectivity index (χ0) is 15.6. The third-order valence-electron chi connectivity index (χ3n) is 2.11. The minimum atomic E-state index is -4.71. The largest absolute Gasteiger partial charge is 0.478 e. The van der Waals surface area contributed by atoms with Crippen molar-refractivity contribution in [2.24, 2.45) is 0 Å². The monoisotopic (exact) mass is 312 g/mol. The fourth-order valence-electron chi connectivity index (χ4n) is 1.28. The SMILES string of the molecule is Cc1ccc(NS(=O)(=O)NCC(F)(F)F)c(C(=O)O)c1.